The number of hydrogen-bond acceptors (Lipinski definition) is 7. The Kier molecular flexibility index (Phi) is 5.53. The number of fused-ring (bicyclic) bond motifs is 1. The van der Waals surface area contributed by atoms with Gasteiger partial charge < -0.3 is 10.1 Å². The lowest BCUT2D eigenvalue weighted by Gasteiger charge is -2.18. The molecular formula is C22H16N2O5S2. The van der Waals surface area contributed by atoms with E-state index < -0.39 is 16.0 Å². The number of methoxy groups -OCH3 is 1. The quantitative estimate of drug-likeness (QED) is 0.589. The number of benzene rings is 2. The number of anilines is 1. The summed E-state index contributed by atoms with van der Waals surface area (Å²) < 4.78 is 34.2. The van der Waals surface area contributed by atoms with Crippen molar-refractivity contribution in [1.82, 2.24) is 0 Å². The molecule has 0 fully saturated rings. The highest BCUT2D eigenvalue weighted by molar-refractivity contribution is 7.92. The normalized spacial score (nSPS) is 14.7. The number of hydrogen-bond donors (Lipinski definition) is 1. The van der Waals surface area contributed by atoms with Gasteiger partial charge in [-0.25, -0.2) is 4.79 Å². The van der Waals surface area contributed by atoms with Crippen molar-refractivity contribution in [3.05, 3.63) is 94.5 Å². The highest BCUT2D eigenvalue weighted by Gasteiger charge is 2.26. The van der Waals surface area contributed by atoms with E-state index in [1.165, 1.54) is 19.3 Å². The molecule has 0 aliphatic heterocycles. The van der Waals surface area contributed by atoms with Crippen LogP contribution in [0.25, 0.3) is 0 Å². The summed E-state index contributed by atoms with van der Waals surface area (Å²) in [6.45, 7) is 0. The van der Waals surface area contributed by atoms with Gasteiger partial charge in [-0.05, 0) is 41.8 Å². The molecule has 31 heavy (non-hydrogen) atoms. The van der Waals surface area contributed by atoms with E-state index >= 15 is 0 Å². The Hall–Kier alpha value is -3.56. The van der Waals surface area contributed by atoms with E-state index in [-0.39, 0.29) is 21.4 Å². The molecule has 0 spiro atoms. The van der Waals surface area contributed by atoms with E-state index in [0.717, 1.165) is 11.3 Å². The molecular weight excluding hydrogens is 436 g/mol. The first-order valence-corrected chi connectivity index (χ1v) is 11.4. The number of esters is 1. The minimum atomic E-state index is -3.92. The van der Waals surface area contributed by atoms with Crippen LogP contribution in [0, 0.1) is 0 Å². The highest BCUT2D eigenvalue weighted by Crippen LogP contribution is 2.26. The number of carbonyl (C=O) groups excluding carboxylic acids is 2. The summed E-state index contributed by atoms with van der Waals surface area (Å²) in [5, 5.41) is 4.65. The number of nitrogens with zero attached hydrogens (tertiary/aromatic N) is 1. The van der Waals surface area contributed by atoms with Crippen molar-refractivity contribution in [2.45, 2.75) is 4.21 Å². The molecule has 0 atom stereocenters. The lowest BCUT2D eigenvalue weighted by molar-refractivity contribution is 0.0600. The summed E-state index contributed by atoms with van der Waals surface area (Å²) in [5.74, 6) is -0.762. The number of Topliss-reactive ketones (excluding diaryl/α,β-unsaturated/α-hetero) is 1. The minimum Gasteiger partial charge on any atom is -0.465 e. The van der Waals surface area contributed by atoms with Gasteiger partial charge in [-0.1, -0.05) is 30.3 Å². The van der Waals surface area contributed by atoms with Crippen LogP contribution in [0.2, 0.25) is 0 Å². The smallest absolute Gasteiger partial charge is 0.337 e. The van der Waals surface area contributed by atoms with Crippen LogP contribution in [-0.2, 0) is 14.8 Å². The van der Waals surface area contributed by atoms with E-state index in [0.29, 0.717) is 22.4 Å². The highest BCUT2D eigenvalue weighted by atomic mass is 32.2. The van der Waals surface area contributed by atoms with Crippen LogP contribution in [0.5, 0.6) is 0 Å². The zero-order chi connectivity index (χ0) is 22.0. The number of thiophene rings is 1. The standard InChI is InChI=1S/C22H16N2O5S2/c1-29-22(26)14-8-10-15(11-9-14)23-19-13-18(16-5-2-3-6-17(16)21(19)25)24-31(27,28)20-7-4-12-30-20/h2-13,23H,1H3/b24-18+. The van der Waals surface area contributed by atoms with E-state index in [9.17, 15) is 18.0 Å². The monoisotopic (exact) mass is 452 g/mol. The molecule has 0 saturated carbocycles. The molecule has 0 amide bonds. The predicted molar refractivity (Wildman–Crippen MR) is 118 cm³/mol. The molecule has 1 aliphatic rings. The van der Waals surface area contributed by atoms with Crippen molar-refractivity contribution < 1.29 is 22.7 Å². The summed E-state index contributed by atoms with van der Waals surface area (Å²) in [4.78, 5) is 24.6. The van der Waals surface area contributed by atoms with Gasteiger partial charge in [0, 0.05) is 16.8 Å². The van der Waals surface area contributed by atoms with Gasteiger partial charge in [-0.15, -0.1) is 11.3 Å². The third-order valence-electron chi connectivity index (χ3n) is 4.53. The Morgan fingerprint density at radius 1 is 1.00 bits per heavy atom. The molecule has 0 unspecified atom stereocenters. The molecule has 4 rings (SSSR count). The first kappa shape index (κ1) is 20.7. The molecule has 1 heterocycles. The first-order chi connectivity index (χ1) is 14.9. The van der Waals surface area contributed by atoms with Crippen LogP contribution < -0.4 is 5.32 Å². The second-order valence-electron chi connectivity index (χ2n) is 6.51. The van der Waals surface area contributed by atoms with E-state index in [1.807, 2.05) is 0 Å². The number of nitrogens with one attached hydrogen (secondary N) is 1. The Bertz CT molecular complexity index is 1320. The molecule has 3 aromatic rings. The average molecular weight is 453 g/mol. The third-order valence-corrected chi connectivity index (χ3v) is 7.19. The molecule has 7 nitrogen and oxygen atoms in total. The topological polar surface area (TPSA) is 102 Å². The fraction of sp³-hybridized carbons (Fsp3) is 0.0455. The Morgan fingerprint density at radius 2 is 1.71 bits per heavy atom. The molecule has 1 aromatic heterocycles. The zero-order valence-electron chi connectivity index (χ0n) is 16.2. The van der Waals surface area contributed by atoms with Gasteiger partial charge in [-0.3, -0.25) is 4.79 Å². The van der Waals surface area contributed by atoms with Crippen molar-refractivity contribution in [2.75, 3.05) is 12.4 Å². The fourth-order valence-electron chi connectivity index (χ4n) is 3.05. The molecule has 0 radical (unpaired) electrons. The summed E-state index contributed by atoms with van der Waals surface area (Å²) >= 11 is 1.07. The van der Waals surface area contributed by atoms with Crippen LogP contribution >= 0.6 is 11.3 Å². The van der Waals surface area contributed by atoms with Crippen molar-refractivity contribution in [3.63, 3.8) is 0 Å². The van der Waals surface area contributed by atoms with E-state index in [1.54, 1.807) is 60.0 Å². The average Bonchev–Trinajstić information content (AvgIpc) is 3.33. The predicted octanol–water partition coefficient (Wildman–Crippen LogP) is 3.91. The summed E-state index contributed by atoms with van der Waals surface area (Å²) in [7, 11) is -2.63. The molecule has 1 aliphatic carbocycles. The van der Waals surface area contributed by atoms with Crippen molar-refractivity contribution >= 4 is 44.5 Å². The maximum atomic E-state index is 13.0. The van der Waals surface area contributed by atoms with E-state index in [2.05, 4.69) is 14.5 Å². The molecule has 1 N–H and O–H groups in total. The minimum absolute atomic E-state index is 0.121. The third kappa shape index (κ3) is 4.18. The van der Waals surface area contributed by atoms with Crippen LogP contribution in [0.3, 0.4) is 0 Å². The second kappa shape index (κ2) is 8.29. The molecule has 0 saturated heterocycles. The number of ether oxygens (including phenoxy) is 1. The van der Waals surface area contributed by atoms with Crippen molar-refractivity contribution in [1.29, 1.82) is 0 Å². The van der Waals surface area contributed by atoms with Gasteiger partial charge in [0.25, 0.3) is 10.0 Å². The van der Waals surface area contributed by atoms with Gasteiger partial charge in [0.05, 0.1) is 24.1 Å². The fourth-order valence-corrected chi connectivity index (χ4v) is 5.01. The maximum absolute atomic E-state index is 13.0. The number of ketones is 1. The summed E-state index contributed by atoms with van der Waals surface area (Å²) in [5.41, 5.74) is 2.04. The van der Waals surface area contributed by atoms with Crippen LogP contribution in [0.4, 0.5) is 5.69 Å². The van der Waals surface area contributed by atoms with Crippen LogP contribution in [0.15, 0.2) is 86.4 Å². The van der Waals surface area contributed by atoms with Crippen molar-refractivity contribution in [3.8, 4) is 0 Å². The first-order valence-electron chi connectivity index (χ1n) is 9.09. The van der Waals surface area contributed by atoms with Gasteiger partial charge in [0.2, 0.25) is 5.78 Å². The lowest BCUT2D eigenvalue weighted by atomic mass is 9.92. The largest absolute Gasteiger partial charge is 0.465 e. The number of rotatable bonds is 5. The van der Waals surface area contributed by atoms with Crippen molar-refractivity contribution in [2.24, 2.45) is 4.40 Å². The second-order valence-corrected chi connectivity index (χ2v) is 9.29. The van der Waals surface area contributed by atoms with Crippen LogP contribution in [-0.4, -0.2) is 33.0 Å². The molecule has 156 valence electrons. The molecule has 0 bridgehead atoms. The Labute approximate surface area is 182 Å². The van der Waals surface area contributed by atoms with Crippen LogP contribution in [0.1, 0.15) is 26.3 Å². The van der Waals surface area contributed by atoms with Gasteiger partial charge in [-0.2, -0.15) is 12.8 Å². The Balaban J connectivity index is 1.74. The maximum Gasteiger partial charge on any atom is 0.337 e. The SMILES string of the molecule is COC(=O)c1ccc(NC2=C/C(=N\S(=O)(=O)c3cccs3)c3ccccc3C2=O)cc1. The van der Waals surface area contributed by atoms with Gasteiger partial charge >= 0.3 is 5.97 Å². The summed E-state index contributed by atoms with van der Waals surface area (Å²) in [6.07, 6.45) is 1.42. The number of carbonyl (C=O) groups is 2. The number of sulfonamides is 1. The zero-order valence-corrected chi connectivity index (χ0v) is 17.9. The molecule has 2 aromatic carbocycles. The molecule has 9 heteroatoms. The van der Waals surface area contributed by atoms with E-state index in [4.69, 9.17) is 0 Å². The Morgan fingerprint density at radius 3 is 2.35 bits per heavy atom. The lowest BCUT2D eigenvalue weighted by Crippen LogP contribution is -2.22. The summed E-state index contributed by atoms with van der Waals surface area (Å²) in [6, 6.07) is 16.2. The number of allylic oxidation sites excluding steroid dienone is 2. The van der Waals surface area contributed by atoms with Gasteiger partial charge in [0.15, 0.2) is 0 Å². The van der Waals surface area contributed by atoms with Gasteiger partial charge in [0.1, 0.15) is 4.21 Å².